The van der Waals surface area contributed by atoms with Gasteiger partial charge in [-0.25, -0.2) is 0 Å². The molecule has 1 unspecified atom stereocenters. The van der Waals surface area contributed by atoms with Crippen LogP contribution < -0.4 is 4.74 Å². The molecule has 0 radical (unpaired) electrons. The van der Waals surface area contributed by atoms with Gasteiger partial charge < -0.3 is 4.74 Å². The molecule has 0 aliphatic heterocycles. The Kier molecular flexibility index (Phi) is 5.70. The average molecular weight is 317 g/mol. The number of hydrogen-bond donors (Lipinski definition) is 0. The minimum atomic E-state index is 0.281. The standard InChI is InChI=1S/C14H25BrN2O/c1-6-9-17-11(12(18-5)10-16-17)7-8-13(15)14(2,3)4/h10,13H,6-9H2,1-5H3. The van der Waals surface area contributed by atoms with Crippen LogP contribution in [0.15, 0.2) is 6.20 Å². The van der Waals surface area contributed by atoms with Gasteiger partial charge in [0.1, 0.15) is 0 Å². The first-order chi connectivity index (χ1) is 8.40. The van der Waals surface area contributed by atoms with Gasteiger partial charge in [0.25, 0.3) is 0 Å². The van der Waals surface area contributed by atoms with Crippen molar-refractivity contribution in [2.24, 2.45) is 5.41 Å². The van der Waals surface area contributed by atoms with Gasteiger partial charge in [-0.3, -0.25) is 4.68 Å². The number of halogens is 1. The SMILES string of the molecule is CCCn1ncc(OC)c1CCC(Br)C(C)(C)C. The number of rotatable bonds is 6. The van der Waals surface area contributed by atoms with Gasteiger partial charge in [-0.2, -0.15) is 5.10 Å². The van der Waals surface area contributed by atoms with Crippen molar-refractivity contribution >= 4 is 15.9 Å². The van der Waals surface area contributed by atoms with E-state index in [2.05, 4.69) is 53.4 Å². The fourth-order valence-electron chi connectivity index (χ4n) is 1.92. The molecule has 3 nitrogen and oxygen atoms in total. The highest BCUT2D eigenvalue weighted by Crippen LogP contribution is 2.31. The second-order valence-electron chi connectivity index (χ2n) is 5.76. The van der Waals surface area contributed by atoms with Crippen LogP contribution in [0.1, 0.15) is 46.2 Å². The van der Waals surface area contributed by atoms with Crippen LogP contribution >= 0.6 is 15.9 Å². The van der Waals surface area contributed by atoms with Gasteiger partial charge in [0.15, 0.2) is 5.75 Å². The van der Waals surface area contributed by atoms with Crippen LogP contribution in [-0.4, -0.2) is 21.7 Å². The van der Waals surface area contributed by atoms with Crippen LogP contribution in [0, 0.1) is 5.41 Å². The molecule has 104 valence electrons. The maximum Gasteiger partial charge on any atom is 0.159 e. The van der Waals surface area contributed by atoms with Crippen LogP contribution in [0.5, 0.6) is 5.75 Å². The predicted molar refractivity (Wildman–Crippen MR) is 79.6 cm³/mol. The lowest BCUT2D eigenvalue weighted by molar-refractivity contribution is 0.376. The summed E-state index contributed by atoms with van der Waals surface area (Å²) >= 11 is 3.78. The van der Waals surface area contributed by atoms with E-state index in [1.807, 2.05) is 6.20 Å². The zero-order valence-electron chi connectivity index (χ0n) is 12.2. The van der Waals surface area contributed by atoms with E-state index in [-0.39, 0.29) is 5.41 Å². The molecule has 1 rings (SSSR count). The Morgan fingerprint density at radius 1 is 1.44 bits per heavy atom. The molecule has 0 spiro atoms. The van der Waals surface area contributed by atoms with Gasteiger partial charge in [-0.1, -0.05) is 43.6 Å². The van der Waals surface area contributed by atoms with E-state index in [0.717, 1.165) is 31.6 Å². The molecule has 4 heteroatoms. The number of aryl methyl sites for hydroxylation is 1. The molecule has 18 heavy (non-hydrogen) atoms. The smallest absolute Gasteiger partial charge is 0.159 e. The molecule has 0 fully saturated rings. The van der Waals surface area contributed by atoms with Crippen LogP contribution in [0.2, 0.25) is 0 Å². The number of alkyl halides is 1. The van der Waals surface area contributed by atoms with Gasteiger partial charge >= 0.3 is 0 Å². The number of hydrogen-bond acceptors (Lipinski definition) is 2. The predicted octanol–water partition coefficient (Wildman–Crippen LogP) is 4.04. The Labute approximate surface area is 119 Å². The summed E-state index contributed by atoms with van der Waals surface area (Å²) in [6.07, 6.45) is 5.01. The molecule has 0 aromatic carbocycles. The van der Waals surface area contributed by atoms with Crippen molar-refractivity contribution < 1.29 is 4.74 Å². The lowest BCUT2D eigenvalue weighted by Crippen LogP contribution is -2.21. The van der Waals surface area contributed by atoms with E-state index in [0.29, 0.717) is 4.83 Å². The monoisotopic (exact) mass is 316 g/mol. The van der Waals surface area contributed by atoms with E-state index in [9.17, 15) is 0 Å². The number of methoxy groups -OCH3 is 1. The van der Waals surface area contributed by atoms with Crippen molar-refractivity contribution in [1.29, 1.82) is 0 Å². The van der Waals surface area contributed by atoms with Crippen LogP contribution in [0.4, 0.5) is 0 Å². The second kappa shape index (κ2) is 6.60. The second-order valence-corrected chi connectivity index (χ2v) is 6.86. The highest BCUT2D eigenvalue weighted by atomic mass is 79.9. The fourth-order valence-corrected chi connectivity index (χ4v) is 2.15. The third-order valence-corrected chi connectivity index (χ3v) is 4.97. The van der Waals surface area contributed by atoms with Crippen LogP contribution in [0.3, 0.4) is 0 Å². The van der Waals surface area contributed by atoms with E-state index < -0.39 is 0 Å². The van der Waals surface area contributed by atoms with Gasteiger partial charge in [0.2, 0.25) is 0 Å². The summed E-state index contributed by atoms with van der Waals surface area (Å²) in [7, 11) is 1.71. The highest BCUT2D eigenvalue weighted by Gasteiger charge is 2.22. The van der Waals surface area contributed by atoms with Gasteiger partial charge in [0.05, 0.1) is 19.0 Å². The minimum Gasteiger partial charge on any atom is -0.493 e. The summed E-state index contributed by atoms with van der Waals surface area (Å²) in [6, 6.07) is 0. The van der Waals surface area contributed by atoms with Crippen molar-refractivity contribution in [1.82, 2.24) is 9.78 Å². The lowest BCUT2D eigenvalue weighted by Gasteiger charge is -2.25. The molecule has 0 aliphatic rings. The summed E-state index contributed by atoms with van der Waals surface area (Å²) in [4.78, 5) is 0.500. The summed E-state index contributed by atoms with van der Waals surface area (Å²) < 4.78 is 7.46. The van der Waals surface area contributed by atoms with Crippen molar-refractivity contribution in [3.8, 4) is 5.75 Å². The number of ether oxygens (including phenoxy) is 1. The molecular formula is C14H25BrN2O. The molecule has 0 amide bonds. The largest absolute Gasteiger partial charge is 0.493 e. The van der Waals surface area contributed by atoms with Crippen molar-refractivity contribution in [3.63, 3.8) is 0 Å². The highest BCUT2D eigenvalue weighted by molar-refractivity contribution is 9.09. The van der Waals surface area contributed by atoms with E-state index in [1.54, 1.807) is 7.11 Å². The Morgan fingerprint density at radius 2 is 2.11 bits per heavy atom. The van der Waals surface area contributed by atoms with Crippen molar-refractivity contribution in [2.75, 3.05) is 7.11 Å². The molecule has 0 saturated heterocycles. The van der Waals surface area contributed by atoms with E-state index in [4.69, 9.17) is 4.74 Å². The summed E-state index contributed by atoms with van der Waals surface area (Å²) in [6.45, 7) is 9.90. The molecule has 1 aromatic rings. The molecule has 0 aliphatic carbocycles. The lowest BCUT2D eigenvalue weighted by atomic mass is 9.89. The molecule has 1 heterocycles. The molecular weight excluding hydrogens is 292 g/mol. The Hall–Kier alpha value is -0.510. The minimum absolute atomic E-state index is 0.281. The molecule has 0 N–H and O–H groups in total. The topological polar surface area (TPSA) is 27.1 Å². The van der Waals surface area contributed by atoms with E-state index >= 15 is 0 Å². The summed E-state index contributed by atoms with van der Waals surface area (Å²) in [5.74, 6) is 0.914. The third-order valence-electron chi connectivity index (χ3n) is 3.14. The Bertz CT molecular complexity index is 368. The molecule has 0 bridgehead atoms. The first-order valence-corrected chi connectivity index (χ1v) is 7.54. The maximum atomic E-state index is 5.39. The fraction of sp³-hybridized carbons (Fsp3) is 0.786. The maximum absolute atomic E-state index is 5.39. The van der Waals surface area contributed by atoms with Crippen molar-refractivity contribution in [2.45, 2.75) is 58.3 Å². The quantitative estimate of drug-likeness (QED) is 0.740. The first kappa shape index (κ1) is 15.5. The zero-order valence-corrected chi connectivity index (χ0v) is 13.7. The molecule has 1 aromatic heterocycles. The Balaban J connectivity index is 2.73. The normalized spacial score (nSPS) is 13.7. The van der Waals surface area contributed by atoms with E-state index in [1.165, 1.54) is 5.69 Å². The Morgan fingerprint density at radius 3 is 2.61 bits per heavy atom. The number of nitrogens with zero attached hydrogens (tertiary/aromatic N) is 2. The van der Waals surface area contributed by atoms with Crippen LogP contribution in [-0.2, 0) is 13.0 Å². The number of aromatic nitrogens is 2. The average Bonchev–Trinajstić information content (AvgIpc) is 2.67. The van der Waals surface area contributed by atoms with Crippen molar-refractivity contribution in [3.05, 3.63) is 11.9 Å². The molecule has 1 atom stereocenters. The third kappa shape index (κ3) is 4.01. The zero-order chi connectivity index (χ0) is 13.8. The summed E-state index contributed by atoms with van der Waals surface area (Å²) in [5.41, 5.74) is 1.50. The summed E-state index contributed by atoms with van der Waals surface area (Å²) in [5, 5.41) is 4.39. The van der Waals surface area contributed by atoms with Gasteiger partial charge in [-0.15, -0.1) is 0 Å². The molecule has 0 saturated carbocycles. The van der Waals surface area contributed by atoms with Gasteiger partial charge in [-0.05, 0) is 24.7 Å². The van der Waals surface area contributed by atoms with Gasteiger partial charge in [0, 0.05) is 11.4 Å². The van der Waals surface area contributed by atoms with Crippen LogP contribution in [0.25, 0.3) is 0 Å². The first-order valence-electron chi connectivity index (χ1n) is 6.62.